The van der Waals surface area contributed by atoms with Crippen molar-refractivity contribution in [1.29, 1.82) is 0 Å². The van der Waals surface area contributed by atoms with Gasteiger partial charge in [-0.05, 0) is 47.9 Å². The highest BCUT2D eigenvalue weighted by Crippen LogP contribution is 2.33. The zero-order valence-corrected chi connectivity index (χ0v) is 17.1. The van der Waals surface area contributed by atoms with Gasteiger partial charge in [-0.25, -0.2) is 0 Å². The van der Waals surface area contributed by atoms with E-state index in [1.807, 2.05) is 25.1 Å². The van der Waals surface area contributed by atoms with Gasteiger partial charge in [-0.1, -0.05) is 12.1 Å². The van der Waals surface area contributed by atoms with E-state index in [9.17, 15) is 13.2 Å². The quantitative estimate of drug-likeness (QED) is 0.488. The predicted molar refractivity (Wildman–Crippen MR) is 111 cm³/mol. The van der Waals surface area contributed by atoms with Crippen LogP contribution >= 0.6 is 0 Å². The largest absolute Gasteiger partial charge is 0.418 e. The van der Waals surface area contributed by atoms with Crippen molar-refractivity contribution < 1.29 is 18.0 Å². The molecule has 1 aromatic carbocycles. The molecule has 0 bridgehead atoms. The summed E-state index contributed by atoms with van der Waals surface area (Å²) in [5, 5.41) is 15.7. The van der Waals surface area contributed by atoms with Crippen molar-refractivity contribution in [2.45, 2.75) is 13.1 Å². The molecule has 0 atom stereocenters. The standard InChI is InChI=1S/C20H15F3N6.CH3NO/c1-12-3-4-14(17-9-15(10-25-27-17)20(21,22)23)7-16(12)13-5-6-24-18(8-13)19-11-26-29(2)28-19;2-1-3/h3-11H,1-2H3;1H,(H2,2,3). The van der Waals surface area contributed by atoms with E-state index in [0.29, 0.717) is 23.1 Å². The second-order valence-corrected chi connectivity index (χ2v) is 6.64. The van der Waals surface area contributed by atoms with E-state index in [0.717, 1.165) is 22.8 Å². The number of primary amides is 1. The van der Waals surface area contributed by atoms with Crippen molar-refractivity contribution in [2.75, 3.05) is 0 Å². The maximum absolute atomic E-state index is 13.0. The topological polar surface area (TPSA) is 112 Å². The summed E-state index contributed by atoms with van der Waals surface area (Å²) >= 11 is 0. The summed E-state index contributed by atoms with van der Waals surface area (Å²) in [6.07, 6.45) is -0.229. The Balaban J connectivity index is 0.000000913. The Hall–Kier alpha value is -4.15. The van der Waals surface area contributed by atoms with Crippen LogP contribution in [0.4, 0.5) is 13.2 Å². The van der Waals surface area contributed by atoms with Crippen molar-refractivity contribution >= 4 is 6.41 Å². The number of pyridine rings is 1. The van der Waals surface area contributed by atoms with E-state index in [1.165, 1.54) is 4.80 Å². The summed E-state index contributed by atoms with van der Waals surface area (Å²) in [6.45, 7) is 1.93. The number of alkyl halides is 3. The van der Waals surface area contributed by atoms with Gasteiger partial charge in [-0.15, -0.1) is 0 Å². The third-order valence-corrected chi connectivity index (χ3v) is 4.45. The van der Waals surface area contributed by atoms with Crippen molar-refractivity contribution in [3.8, 4) is 33.8 Å². The molecule has 2 N–H and O–H groups in total. The molecule has 4 aromatic rings. The van der Waals surface area contributed by atoms with Crippen LogP contribution in [0.15, 0.2) is 55.0 Å². The highest BCUT2D eigenvalue weighted by Gasteiger charge is 2.31. The highest BCUT2D eigenvalue weighted by atomic mass is 19.4. The van der Waals surface area contributed by atoms with Gasteiger partial charge < -0.3 is 5.73 Å². The summed E-state index contributed by atoms with van der Waals surface area (Å²) in [4.78, 5) is 14.4. The third kappa shape index (κ3) is 5.12. The molecule has 3 heterocycles. The van der Waals surface area contributed by atoms with Crippen molar-refractivity contribution in [3.63, 3.8) is 0 Å². The number of hydrogen-bond donors (Lipinski definition) is 1. The number of rotatable bonds is 3. The molecule has 164 valence electrons. The molecule has 0 aliphatic rings. The Labute approximate surface area is 180 Å². The van der Waals surface area contributed by atoms with Crippen molar-refractivity contribution in [2.24, 2.45) is 12.8 Å². The van der Waals surface area contributed by atoms with Gasteiger partial charge in [0, 0.05) is 18.8 Å². The van der Waals surface area contributed by atoms with Crippen LogP contribution in [0.1, 0.15) is 11.1 Å². The van der Waals surface area contributed by atoms with E-state index >= 15 is 0 Å². The molecular weight excluding hydrogens is 423 g/mol. The van der Waals surface area contributed by atoms with Crippen LogP contribution in [0.25, 0.3) is 33.8 Å². The van der Waals surface area contributed by atoms with E-state index in [2.05, 4.69) is 31.1 Å². The smallest absolute Gasteiger partial charge is 0.372 e. The lowest BCUT2D eigenvalue weighted by Crippen LogP contribution is -2.06. The van der Waals surface area contributed by atoms with Gasteiger partial charge in [0.15, 0.2) is 0 Å². The minimum absolute atomic E-state index is 0.157. The molecule has 0 unspecified atom stereocenters. The number of hydrogen-bond acceptors (Lipinski definition) is 6. The van der Waals surface area contributed by atoms with Gasteiger partial charge in [0.05, 0.1) is 29.3 Å². The number of carbonyl (C=O) groups excluding carboxylic acids is 1. The highest BCUT2D eigenvalue weighted by molar-refractivity contribution is 5.76. The average molecular weight is 441 g/mol. The zero-order valence-electron chi connectivity index (χ0n) is 17.1. The van der Waals surface area contributed by atoms with Crippen LogP contribution < -0.4 is 5.73 Å². The fraction of sp³-hybridized carbons (Fsp3) is 0.143. The first kappa shape index (κ1) is 22.5. The fourth-order valence-electron chi connectivity index (χ4n) is 2.96. The molecule has 0 spiro atoms. The first-order valence-electron chi connectivity index (χ1n) is 9.22. The number of nitrogens with two attached hydrogens (primary N) is 1. The lowest BCUT2D eigenvalue weighted by molar-refractivity contribution is -0.137. The summed E-state index contributed by atoms with van der Waals surface area (Å²) in [7, 11) is 1.72. The maximum Gasteiger partial charge on any atom is 0.418 e. The molecule has 4 rings (SSSR count). The van der Waals surface area contributed by atoms with Crippen LogP contribution in [0.2, 0.25) is 0 Å². The Bertz CT molecular complexity index is 1240. The number of amides is 1. The van der Waals surface area contributed by atoms with Gasteiger partial charge in [-0.3, -0.25) is 9.78 Å². The van der Waals surface area contributed by atoms with Gasteiger partial charge in [0.2, 0.25) is 6.41 Å². The van der Waals surface area contributed by atoms with Crippen LogP contribution in [0, 0.1) is 6.92 Å². The van der Waals surface area contributed by atoms with Gasteiger partial charge in [-0.2, -0.15) is 38.4 Å². The Morgan fingerprint density at radius 1 is 1.00 bits per heavy atom. The van der Waals surface area contributed by atoms with Crippen molar-refractivity contribution in [1.82, 2.24) is 30.2 Å². The maximum atomic E-state index is 13.0. The van der Waals surface area contributed by atoms with E-state index < -0.39 is 11.7 Å². The molecule has 0 radical (unpaired) electrons. The zero-order chi connectivity index (χ0) is 23.3. The molecule has 0 aliphatic carbocycles. The minimum Gasteiger partial charge on any atom is -0.372 e. The van der Waals surface area contributed by atoms with Gasteiger partial charge in [0.1, 0.15) is 5.69 Å². The Kier molecular flexibility index (Phi) is 6.57. The number of carbonyl (C=O) groups is 1. The Morgan fingerprint density at radius 2 is 1.75 bits per heavy atom. The molecule has 11 heteroatoms. The van der Waals surface area contributed by atoms with Crippen LogP contribution in [0.5, 0.6) is 0 Å². The number of aromatic nitrogens is 6. The molecule has 0 saturated heterocycles. The molecule has 0 fully saturated rings. The minimum atomic E-state index is -4.48. The van der Waals surface area contributed by atoms with E-state index in [4.69, 9.17) is 4.79 Å². The SMILES string of the molecule is Cc1ccc(-c2cc(C(F)(F)F)cnn2)cc1-c1ccnc(-c2cnn(C)n2)c1.NC=O. The van der Waals surface area contributed by atoms with Crippen LogP contribution in [-0.2, 0) is 18.0 Å². The molecule has 0 saturated carbocycles. The first-order valence-corrected chi connectivity index (χ1v) is 9.22. The normalized spacial score (nSPS) is 10.9. The predicted octanol–water partition coefficient (Wildman–Crippen LogP) is 3.43. The monoisotopic (exact) mass is 441 g/mol. The summed E-state index contributed by atoms with van der Waals surface area (Å²) in [5.41, 5.74) is 8.00. The molecule has 0 aliphatic heterocycles. The number of benzene rings is 1. The van der Waals surface area contributed by atoms with Crippen LogP contribution in [0.3, 0.4) is 0 Å². The lowest BCUT2D eigenvalue weighted by Gasteiger charge is -2.11. The third-order valence-electron chi connectivity index (χ3n) is 4.45. The Morgan fingerprint density at radius 3 is 2.41 bits per heavy atom. The lowest BCUT2D eigenvalue weighted by atomic mass is 9.96. The first-order chi connectivity index (χ1) is 15.2. The summed E-state index contributed by atoms with van der Waals surface area (Å²) < 4.78 is 39.0. The van der Waals surface area contributed by atoms with Crippen LogP contribution in [-0.4, -0.2) is 36.6 Å². The number of nitrogens with zero attached hydrogens (tertiary/aromatic N) is 6. The van der Waals surface area contributed by atoms with Gasteiger partial charge in [0.25, 0.3) is 0 Å². The molecule has 1 amide bonds. The van der Waals surface area contributed by atoms with E-state index in [1.54, 1.807) is 31.6 Å². The second-order valence-electron chi connectivity index (χ2n) is 6.64. The second kappa shape index (κ2) is 9.33. The molecular formula is C21H18F3N7O. The molecule has 8 nitrogen and oxygen atoms in total. The van der Waals surface area contributed by atoms with Crippen molar-refractivity contribution in [3.05, 3.63) is 66.1 Å². The fourth-order valence-corrected chi connectivity index (χ4v) is 2.96. The summed E-state index contributed by atoms with van der Waals surface area (Å²) in [5.74, 6) is 0. The number of halogens is 3. The van der Waals surface area contributed by atoms with E-state index in [-0.39, 0.29) is 12.1 Å². The number of aryl methyl sites for hydroxylation is 2. The average Bonchev–Trinajstić information content (AvgIpc) is 3.21. The summed E-state index contributed by atoms with van der Waals surface area (Å²) in [6, 6.07) is 10.1. The molecule has 32 heavy (non-hydrogen) atoms. The molecule has 3 aromatic heterocycles. The van der Waals surface area contributed by atoms with Gasteiger partial charge >= 0.3 is 6.18 Å².